The zero-order valence-electron chi connectivity index (χ0n) is 16.3. The summed E-state index contributed by atoms with van der Waals surface area (Å²) in [4.78, 5) is 16.6. The third-order valence-corrected chi connectivity index (χ3v) is 8.07. The molecule has 5 rings (SSSR count). The van der Waals surface area contributed by atoms with Gasteiger partial charge in [-0.3, -0.25) is 4.79 Å². The van der Waals surface area contributed by atoms with Crippen molar-refractivity contribution < 1.29 is 4.79 Å². The van der Waals surface area contributed by atoms with Crippen LogP contribution in [-0.4, -0.2) is 28.9 Å². The van der Waals surface area contributed by atoms with Crippen molar-refractivity contribution in [2.75, 3.05) is 11.9 Å². The molecule has 1 heterocycles. The number of rotatable bonds is 5. The second-order valence-corrected chi connectivity index (χ2v) is 9.84. The molecule has 3 saturated carbocycles. The molecule has 6 heteroatoms. The number of hydrogen-bond acceptors (Lipinski definition) is 4. The number of thioether (sulfide) groups is 1. The van der Waals surface area contributed by atoms with Gasteiger partial charge in [-0.2, -0.15) is 4.99 Å². The maximum absolute atomic E-state index is 12.3. The minimum atomic E-state index is -0.0569. The molecule has 0 spiro atoms. The highest BCUT2D eigenvalue weighted by molar-refractivity contribution is 8.93. The van der Waals surface area contributed by atoms with Gasteiger partial charge in [-0.15, -0.1) is 17.0 Å². The molecule has 1 aliphatic heterocycles. The molecule has 5 atom stereocenters. The van der Waals surface area contributed by atoms with Crippen LogP contribution in [0.3, 0.4) is 0 Å². The molecule has 4 nitrogen and oxygen atoms in total. The van der Waals surface area contributed by atoms with E-state index in [4.69, 9.17) is 0 Å². The van der Waals surface area contributed by atoms with Gasteiger partial charge >= 0.3 is 0 Å². The summed E-state index contributed by atoms with van der Waals surface area (Å²) in [6.45, 7) is 7.98. The van der Waals surface area contributed by atoms with E-state index in [1.165, 1.54) is 12.8 Å². The number of amides is 1. The molecule has 4 aliphatic rings. The second-order valence-electron chi connectivity index (χ2n) is 8.65. The highest BCUT2D eigenvalue weighted by atomic mass is 79.9. The summed E-state index contributed by atoms with van der Waals surface area (Å²) in [6, 6.07) is 10.6. The average Bonchev–Trinajstić information content (AvgIpc) is 2.96. The normalized spacial score (nSPS) is 33.5. The highest BCUT2D eigenvalue weighted by Crippen LogP contribution is 2.61. The molecule has 2 bridgehead atoms. The molecule has 1 aromatic rings. The van der Waals surface area contributed by atoms with Crippen LogP contribution in [0, 0.1) is 23.2 Å². The molecule has 1 amide bonds. The van der Waals surface area contributed by atoms with E-state index < -0.39 is 0 Å². The third kappa shape index (κ3) is 4.07. The Morgan fingerprint density at radius 1 is 1.22 bits per heavy atom. The van der Waals surface area contributed by atoms with Gasteiger partial charge in [-0.25, -0.2) is 0 Å². The number of benzene rings is 1. The Morgan fingerprint density at radius 2 is 1.96 bits per heavy atom. The van der Waals surface area contributed by atoms with E-state index in [1.54, 1.807) is 11.8 Å². The lowest BCUT2D eigenvalue weighted by molar-refractivity contribution is -0.117. The summed E-state index contributed by atoms with van der Waals surface area (Å²) in [5, 5.41) is 7.77. The number of nitrogens with one attached hydrogen (secondary N) is 2. The fourth-order valence-electron chi connectivity index (χ4n) is 5.03. The molecule has 2 N–H and O–H groups in total. The maximum Gasteiger partial charge on any atom is 0.261 e. The van der Waals surface area contributed by atoms with Crippen molar-refractivity contribution >= 4 is 45.5 Å². The quantitative estimate of drug-likeness (QED) is 0.679. The molecule has 27 heavy (non-hydrogen) atoms. The molecule has 1 aromatic carbocycles. The number of hydrogen-bond donors (Lipinski definition) is 2. The van der Waals surface area contributed by atoms with Crippen LogP contribution in [0.15, 0.2) is 35.3 Å². The van der Waals surface area contributed by atoms with Crippen molar-refractivity contribution in [1.82, 2.24) is 5.32 Å². The smallest absolute Gasteiger partial charge is 0.261 e. The monoisotopic (exact) mass is 451 g/mol. The van der Waals surface area contributed by atoms with Gasteiger partial charge in [-0.05, 0) is 54.6 Å². The van der Waals surface area contributed by atoms with Crippen molar-refractivity contribution in [3.05, 3.63) is 30.3 Å². The van der Waals surface area contributed by atoms with Crippen molar-refractivity contribution in [1.29, 1.82) is 0 Å². The molecule has 0 radical (unpaired) electrons. The van der Waals surface area contributed by atoms with E-state index in [2.05, 4.69) is 36.4 Å². The Hall–Kier alpha value is -1.01. The van der Waals surface area contributed by atoms with Crippen LogP contribution in [0.5, 0.6) is 0 Å². The number of aliphatic imine (C=N–C) groups is 1. The van der Waals surface area contributed by atoms with Gasteiger partial charge in [0, 0.05) is 18.3 Å². The Kier molecular flexibility index (Phi) is 6.26. The number of nitrogens with zero attached hydrogens (tertiary/aromatic N) is 1. The summed E-state index contributed by atoms with van der Waals surface area (Å²) < 4.78 is 0. The number of para-hydroxylation sites is 1. The minimum Gasteiger partial charge on any atom is -0.385 e. The lowest BCUT2D eigenvalue weighted by Crippen LogP contribution is -2.60. The number of anilines is 1. The molecule has 1 unspecified atom stereocenters. The number of amidine groups is 1. The third-order valence-electron chi connectivity index (χ3n) is 6.91. The number of halogens is 1. The van der Waals surface area contributed by atoms with E-state index in [9.17, 15) is 4.79 Å². The summed E-state index contributed by atoms with van der Waals surface area (Å²) in [7, 11) is 0. The Bertz CT molecular complexity index is 709. The topological polar surface area (TPSA) is 53.5 Å². The van der Waals surface area contributed by atoms with Crippen molar-refractivity contribution in [2.24, 2.45) is 28.2 Å². The van der Waals surface area contributed by atoms with Crippen LogP contribution in [0.1, 0.15) is 40.0 Å². The van der Waals surface area contributed by atoms with Crippen LogP contribution in [0.25, 0.3) is 0 Å². The van der Waals surface area contributed by atoms with Gasteiger partial charge in [-0.1, -0.05) is 50.7 Å². The summed E-state index contributed by atoms with van der Waals surface area (Å²) >= 11 is 1.61. The first kappa shape index (κ1) is 20.7. The molecule has 3 fully saturated rings. The zero-order chi connectivity index (χ0) is 18.3. The fourth-order valence-corrected chi connectivity index (χ4v) is 6.06. The maximum atomic E-state index is 12.3. The van der Waals surface area contributed by atoms with Crippen LogP contribution in [0.2, 0.25) is 0 Å². The fraction of sp³-hybridized carbons (Fsp3) is 0.619. The molecule has 148 valence electrons. The second kappa shape index (κ2) is 8.16. The van der Waals surface area contributed by atoms with E-state index >= 15 is 0 Å². The predicted octanol–water partition coefficient (Wildman–Crippen LogP) is 4.72. The minimum absolute atomic E-state index is 0. The van der Waals surface area contributed by atoms with E-state index in [0.29, 0.717) is 17.4 Å². The van der Waals surface area contributed by atoms with E-state index in [-0.39, 0.29) is 28.1 Å². The van der Waals surface area contributed by atoms with Gasteiger partial charge in [0.25, 0.3) is 5.91 Å². The SMILES string of the molecule is Br.C[C@H]1[C@@H](NC2=NC(=O)C(CCNc3ccccc3)S2)C[C@@H]2C[C@@H]1C2(C)C. The van der Waals surface area contributed by atoms with E-state index in [1.807, 2.05) is 30.3 Å². The Morgan fingerprint density at radius 3 is 2.63 bits per heavy atom. The van der Waals surface area contributed by atoms with Crippen molar-refractivity contribution in [2.45, 2.75) is 51.3 Å². The van der Waals surface area contributed by atoms with Crippen molar-refractivity contribution in [3.8, 4) is 0 Å². The Balaban J connectivity index is 0.00000210. The summed E-state index contributed by atoms with van der Waals surface area (Å²) in [6.07, 6.45) is 3.38. The molecule has 3 aliphatic carbocycles. The van der Waals surface area contributed by atoms with Crippen LogP contribution in [-0.2, 0) is 4.79 Å². The average molecular weight is 452 g/mol. The largest absolute Gasteiger partial charge is 0.385 e. The standard InChI is InChI=1S/C21H29N3OS.BrH/c1-13-16-11-14(21(16,2)3)12-17(13)23-20-24-19(25)18(26-20)9-10-22-15-7-5-4-6-8-15;/h4-8,13-14,16-18,22H,9-12H2,1-3H3,(H,23,24,25);1H/t13-,14+,16+,17+,18?;/m1./s1. The first-order valence-corrected chi connectivity index (χ1v) is 10.7. The number of carbonyl (C=O) groups is 1. The van der Waals surface area contributed by atoms with Crippen molar-refractivity contribution in [3.63, 3.8) is 0 Å². The molecular formula is C21H30BrN3OS. The lowest BCUT2D eigenvalue weighted by atomic mass is 9.45. The van der Waals surface area contributed by atoms with Crippen LogP contribution in [0.4, 0.5) is 5.69 Å². The predicted molar refractivity (Wildman–Crippen MR) is 120 cm³/mol. The molecule has 0 saturated heterocycles. The van der Waals surface area contributed by atoms with Gasteiger partial charge in [0.05, 0.1) is 5.25 Å². The lowest BCUT2D eigenvalue weighted by Gasteiger charge is -2.62. The number of carbonyl (C=O) groups excluding carboxylic acids is 1. The summed E-state index contributed by atoms with van der Waals surface area (Å²) in [5.41, 5.74) is 1.59. The van der Waals surface area contributed by atoms with Gasteiger partial charge in [0.15, 0.2) is 5.17 Å². The van der Waals surface area contributed by atoms with Gasteiger partial charge in [0.2, 0.25) is 0 Å². The van der Waals surface area contributed by atoms with Crippen LogP contribution >= 0.6 is 28.7 Å². The van der Waals surface area contributed by atoms with Crippen LogP contribution < -0.4 is 10.6 Å². The first-order valence-electron chi connectivity index (χ1n) is 9.80. The van der Waals surface area contributed by atoms with Gasteiger partial charge in [0.1, 0.15) is 0 Å². The highest BCUT2D eigenvalue weighted by Gasteiger charge is 2.56. The first-order chi connectivity index (χ1) is 12.4. The zero-order valence-corrected chi connectivity index (χ0v) is 18.8. The number of fused-ring (bicyclic) bond motifs is 2. The summed E-state index contributed by atoms with van der Waals surface area (Å²) in [5.74, 6) is 2.27. The van der Waals surface area contributed by atoms with E-state index in [0.717, 1.165) is 35.7 Å². The Labute approximate surface area is 177 Å². The molecular weight excluding hydrogens is 422 g/mol. The molecule has 0 aromatic heterocycles. The van der Waals surface area contributed by atoms with Gasteiger partial charge < -0.3 is 10.6 Å².